The second kappa shape index (κ2) is 9.33. The van der Waals surface area contributed by atoms with E-state index in [1.165, 1.54) is 36.5 Å². The molecular formula is C23H19N7O4. The van der Waals surface area contributed by atoms with Gasteiger partial charge < -0.3 is 14.9 Å². The molecule has 3 aromatic heterocycles. The van der Waals surface area contributed by atoms with Gasteiger partial charge in [0.2, 0.25) is 5.75 Å². The number of amides is 1. The van der Waals surface area contributed by atoms with Crippen LogP contribution < -0.4 is 10.9 Å². The van der Waals surface area contributed by atoms with E-state index in [1.807, 2.05) is 0 Å². The minimum absolute atomic E-state index is 0.210. The van der Waals surface area contributed by atoms with Gasteiger partial charge in [0.1, 0.15) is 17.8 Å². The van der Waals surface area contributed by atoms with E-state index < -0.39 is 34.7 Å². The Morgan fingerprint density at radius 2 is 2.06 bits per heavy atom. The molecule has 1 amide bonds. The summed E-state index contributed by atoms with van der Waals surface area (Å²) in [5, 5.41) is 26.0. The number of carbonyl (C=O) groups is 1. The van der Waals surface area contributed by atoms with Crippen LogP contribution in [0.5, 0.6) is 5.75 Å². The quantitative estimate of drug-likeness (QED) is 0.443. The molecule has 0 aliphatic rings. The van der Waals surface area contributed by atoms with Crippen molar-refractivity contribution in [2.24, 2.45) is 7.05 Å². The first-order valence-electron chi connectivity index (χ1n) is 10.2. The third-order valence-electron chi connectivity index (χ3n) is 5.43. The van der Waals surface area contributed by atoms with Crippen molar-refractivity contribution in [1.82, 2.24) is 24.7 Å². The van der Waals surface area contributed by atoms with Crippen molar-refractivity contribution in [2.75, 3.05) is 5.32 Å². The zero-order valence-electron chi connectivity index (χ0n) is 18.2. The van der Waals surface area contributed by atoms with E-state index >= 15 is 0 Å². The molecule has 0 bridgehead atoms. The van der Waals surface area contributed by atoms with E-state index in [4.69, 9.17) is 0 Å². The molecule has 0 unspecified atom stereocenters. The monoisotopic (exact) mass is 457 g/mol. The molecule has 2 atom stereocenters. The first kappa shape index (κ1) is 22.3. The number of hydrogen-bond acceptors (Lipinski definition) is 9. The largest absolute Gasteiger partial charge is 0.501 e. The van der Waals surface area contributed by atoms with E-state index in [1.54, 1.807) is 37.4 Å². The fraction of sp³-hybridized carbons (Fsp3) is 0.174. The van der Waals surface area contributed by atoms with Crippen molar-refractivity contribution in [3.63, 3.8) is 0 Å². The Kier molecular flexibility index (Phi) is 6.13. The molecule has 0 saturated carbocycles. The lowest BCUT2D eigenvalue weighted by Gasteiger charge is -2.26. The van der Waals surface area contributed by atoms with Crippen LogP contribution in [-0.4, -0.2) is 35.7 Å². The number of carbonyl (C=O) groups excluding carboxylic acids is 1. The smallest absolute Gasteiger partial charge is 0.296 e. The normalized spacial score (nSPS) is 12.5. The van der Waals surface area contributed by atoms with Crippen molar-refractivity contribution in [3.05, 3.63) is 94.0 Å². The van der Waals surface area contributed by atoms with Crippen molar-refractivity contribution in [3.8, 4) is 11.8 Å². The van der Waals surface area contributed by atoms with Crippen molar-refractivity contribution >= 4 is 11.6 Å². The van der Waals surface area contributed by atoms with E-state index in [-0.39, 0.29) is 11.5 Å². The molecule has 1 aromatic carbocycles. The number of nitriles is 1. The third-order valence-corrected chi connectivity index (χ3v) is 5.43. The molecule has 2 N–H and O–H groups in total. The number of aromatic hydroxyl groups is 1. The fourth-order valence-electron chi connectivity index (χ4n) is 3.80. The van der Waals surface area contributed by atoms with E-state index in [0.717, 1.165) is 0 Å². The van der Waals surface area contributed by atoms with Crippen molar-refractivity contribution < 1.29 is 14.4 Å². The van der Waals surface area contributed by atoms with Gasteiger partial charge in [0.05, 0.1) is 23.5 Å². The maximum absolute atomic E-state index is 12.8. The molecule has 34 heavy (non-hydrogen) atoms. The van der Waals surface area contributed by atoms with Crippen molar-refractivity contribution in [1.29, 1.82) is 5.26 Å². The molecular weight excluding hydrogens is 438 g/mol. The molecule has 0 radical (unpaired) electrons. The second-order valence-electron chi connectivity index (χ2n) is 7.49. The van der Waals surface area contributed by atoms with Gasteiger partial charge in [0.25, 0.3) is 11.5 Å². The van der Waals surface area contributed by atoms with E-state index in [2.05, 4.69) is 36.0 Å². The SMILES string of the molecule is C[C@H](c1nc(C(=O)Nc2cnoc2)c(O)c(=O)n1C)[C@@H](c1cnccn1)c1ccccc1C#N. The zero-order valence-corrected chi connectivity index (χ0v) is 18.2. The maximum atomic E-state index is 12.8. The Balaban J connectivity index is 1.86. The van der Waals surface area contributed by atoms with Gasteiger partial charge in [0, 0.05) is 37.5 Å². The standard InChI is InChI=1S/C23H19N7O4/c1-13(18(17-11-25-7-8-26-17)16-6-4-3-5-14(16)9-24)21-29-19(20(31)23(33)30(21)2)22(32)28-15-10-27-34-12-15/h3-8,10-13,18,31H,1-2H3,(H,28,32)/t13-,18+/m0/s1. The average Bonchev–Trinajstić information content (AvgIpc) is 3.36. The number of benzene rings is 1. The Morgan fingerprint density at radius 3 is 2.74 bits per heavy atom. The Bertz CT molecular complexity index is 1430. The first-order valence-corrected chi connectivity index (χ1v) is 10.2. The first-order chi connectivity index (χ1) is 16.4. The Labute approximate surface area is 193 Å². The molecule has 0 spiro atoms. The molecule has 0 aliphatic carbocycles. The lowest BCUT2D eigenvalue weighted by Crippen LogP contribution is -2.29. The van der Waals surface area contributed by atoms with Gasteiger partial charge in [-0.15, -0.1) is 0 Å². The van der Waals surface area contributed by atoms with Gasteiger partial charge in [-0.3, -0.25) is 24.1 Å². The predicted molar refractivity (Wildman–Crippen MR) is 119 cm³/mol. The maximum Gasteiger partial charge on any atom is 0.296 e. The lowest BCUT2D eigenvalue weighted by atomic mass is 9.82. The topological polar surface area (TPSA) is 160 Å². The summed E-state index contributed by atoms with van der Waals surface area (Å²) in [6.07, 6.45) is 7.10. The van der Waals surface area contributed by atoms with Crippen molar-refractivity contribution in [2.45, 2.75) is 18.8 Å². The molecule has 4 rings (SSSR count). The molecule has 0 saturated heterocycles. The highest BCUT2D eigenvalue weighted by molar-refractivity contribution is 6.04. The van der Waals surface area contributed by atoms with Crippen LogP contribution in [-0.2, 0) is 7.05 Å². The minimum atomic E-state index is -0.805. The van der Waals surface area contributed by atoms with Crippen LogP contribution in [0.1, 0.15) is 51.9 Å². The van der Waals surface area contributed by atoms with Crippen LogP contribution >= 0.6 is 0 Å². The lowest BCUT2D eigenvalue weighted by molar-refractivity contribution is 0.101. The molecule has 4 aromatic rings. The minimum Gasteiger partial charge on any atom is -0.501 e. The molecule has 11 heteroatoms. The zero-order chi connectivity index (χ0) is 24.2. The van der Waals surface area contributed by atoms with Gasteiger partial charge in [-0.2, -0.15) is 5.26 Å². The summed E-state index contributed by atoms with van der Waals surface area (Å²) in [6, 6.07) is 9.22. The molecule has 170 valence electrons. The number of anilines is 1. The third kappa shape index (κ3) is 4.12. The molecule has 0 fully saturated rings. The highest BCUT2D eigenvalue weighted by Gasteiger charge is 2.31. The summed E-state index contributed by atoms with van der Waals surface area (Å²) in [5.41, 5.74) is 0.642. The average molecular weight is 457 g/mol. The van der Waals surface area contributed by atoms with Crippen LogP contribution in [0.25, 0.3) is 0 Å². The molecule has 11 nitrogen and oxygen atoms in total. The van der Waals surface area contributed by atoms with Gasteiger partial charge in [-0.25, -0.2) is 4.98 Å². The Morgan fingerprint density at radius 1 is 1.26 bits per heavy atom. The van der Waals surface area contributed by atoms with Crippen LogP contribution in [0.2, 0.25) is 0 Å². The number of nitrogens with zero attached hydrogens (tertiary/aromatic N) is 6. The fourth-order valence-corrected chi connectivity index (χ4v) is 3.80. The van der Waals surface area contributed by atoms with E-state index in [0.29, 0.717) is 16.8 Å². The summed E-state index contributed by atoms with van der Waals surface area (Å²) in [5.74, 6) is -2.46. The summed E-state index contributed by atoms with van der Waals surface area (Å²) in [7, 11) is 1.45. The Hall–Kier alpha value is -4.85. The summed E-state index contributed by atoms with van der Waals surface area (Å²) >= 11 is 0. The van der Waals surface area contributed by atoms with Gasteiger partial charge in [0.15, 0.2) is 5.69 Å². The van der Waals surface area contributed by atoms with Crippen LogP contribution in [0.4, 0.5) is 5.69 Å². The van der Waals surface area contributed by atoms with Gasteiger partial charge in [-0.1, -0.05) is 30.3 Å². The summed E-state index contributed by atoms with van der Waals surface area (Å²) in [6.45, 7) is 1.80. The van der Waals surface area contributed by atoms with Gasteiger partial charge in [-0.05, 0) is 11.6 Å². The number of rotatable bonds is 6. The predicted octanol–water partition coefficient (Wildman–Crippen LogP) is 2.32. The highest BCUT2D eigenvalue weighted by atomic mass is 16.5. The van der Waals surface area contributed by atoms with E-state index in [9.17, 15) is 20.0 Å². The van der Waals surface area contributed by atoms with Crippen LogP contribution in [0.15, 0.2) is 64.6 Å². The number of hydrogen-bond donors (Lipinski definition) is 2. The number of nitrogens with one attached hydrogen (secondary N) is 1. The van der Waals surface area contributed by atoms with Crippen LogP contribution in [0.3, 0.4) is 0 Å². The van der Waals surface area contributed by atoms with Crippen LogP contribution in [0, 0.1) is 11.3 Å². The summed E-state index contributed by atoms with van der Waals surface area (Å²) in [4.78, 5) is 38.5. The summed E-state index contributed by atoms with van der Waals surface area (Å²) < 4.78 is 5.86. The molecule has 0 aliphatic heterocycles. The highest BCUT2D eigenvalue weighted by Crippen LogP contribution is 2.38. The van der Waals surface area contributed by atoms with Gasteiger partial charge >= 0.3 is 0 Å². The number of aromatic nitrogens is 5. The second-order valence-corrected chi connectivity index (χ2v) is 7.49. The molecule has 3 heterocycles.